The number of nitrogens with one attached hydrogen (secondary N) is 2. The molecule has 0 aromatic carbocycles. The van der Waals surface area contributed by atoms with E-state index in [9.17, 15) is 4.79 Å². The zero-order chi connectivity index (χ0) is 9.10. The van der Waals surface area contributed by atoms with Crippen molar-refractivity contribution < 1.29 is 4.79 Å². The Labute approximate surface area is 81.2 Å². The summed E-state index contributed by atoms with van der Waals surface area (Å²) in [5.74, 6) is 0.0914. The van der Waals surface area contributed by atoms with Crippen LogP contribution in [0.4, 0.5) is 5.69 Å². The summed E-state index contributed by atoms with van der Waals surface area (Å²) < 4.78 is 0. The van der Waals surface area contributed by atoms with Crippen LogP contribution in [0.3, 0.4) is 0 Å². The summed E-state index contributed by atoms with van der Waals surface area (Å²) in [6.07, 6.45) is 2.29. The molecule has 0 spiro atoms. The maximum atomic E-state index is 11.2. The lowest BCUT2D eigenvalue weighted by atomic mass is 10.5. The Hall–Kier alpha value is -1.03. The van der Waals surface area contributed by atoms with E-state index in [2.05, 4.69) is 10.6 Å². The van der Waals surface area contributed by atoms with Gasteiger partial charge in [0, 0.05) is 17.1 Å². The van der Waals surface area contributed by atoms with E-state index in [0.717, 1.165) is 18.5 Å². The third-order valence-electron chi connectivity index (χ3n) is 1.92. The first-order chi connectivity index (χ1) is 6.34. The van der Waals surface area contributed by atoms with E-state index in [1.165, 1.54) is 0 Å². The van der Waals surface area contributed by atoms with E-state index in [1.54, 1.807) is 11.3 Å². The summed E-state index contributed by atoms with van der Waals surface area (Å²) >= 11 is 1.62. The Morgan fingerprint density at radius 3 is 3.08 bits per heavy atom. The fourth-order valence-electron chi connectivity index (χ4n) is 1.05. The van der Waals surface area contributed by atoms with Gasteiger partial charge in [0.25, 0.3) is 0 Å². The van der Waals surface area contributed by atoms with Gasteiger partial charge < -0.3 is 10.6 Å². The SMILES string of the molecule is O=C(CNc1ccsc1)NC1CC1. The minimum absolute atomic E-state index is 0.0914. The Morgan fingerprint density at radius 1 is 1.62 bits per heavy atom. The third kappa shape index (κ3) is 2.73. The van der Waals surface area contributed by atoms with Crippen LogP contribution in [0.15, 0.2) is 16.8 Å². The van der Waals surface area contributed by atoms with Crippen molar-refractivity contribution in [1.29, 1.82) is 0 Å². The predicted molar refractivity (Wildman–Crippen MR) is 54.0 cm³/mol. The van der Waals surface area contributed by atoms with Gasteiger partial charge in [-0.25, -0.2) is 0 Å². The number of carbonyl (C=O) groups is 1. The molecule has 0 unspecified atom stereocenters. The van der Waals surface area contributed by atoms with Gasteiger partial charge in [-0.15, -0.1) is 0 Å². The summed E-state index contributed by atoms with van der Waals surface area (Å²) in [6, 6.07) is 2.42. The average Bonchev–Trinajstić information content (AvgIpc) is 2.78. The first kappa shape index (κ1) is 8.56. The van der Waals surface area contributed by atoms with E-state index in [-0.39, 0.29) is 5.91 Å². The van der Waals surface area contributed by atoms with Gasteiger partial charge >= 0.3 is 0 Å². The average molecular weight is 196 g/mol. The number of thiophene rings is 1. The fourth-order valence-corrected chi connectivity index (χ4v) is 1.67. The molecule has 0 radical (unpaired) electrons. The number of anilines is 1. The molecule has 1 heterocycles. The largest absolute Gasteiger partial charge is 0.375 e. The fraction of sp³-hybridized carbons (Fsp3) is 0.444. The van der Waals surface area contributed by atoms with Crippen molar-refractivity contribution >= 4 is 22.9 Å². The van der Waals surface area contributed by atoms with Gasteiger partial charge in [-0.05, 0) is 24.3 Å². The summed E-state index contributed by atoms with van der Waals surface area (Å²) in [4.78, 5) is 11.2. The lowest BCUT2D eigenvalue weighted by Crippen LogP contribution is -2.31. The first-order valence-corrected chi connectivity index (χ1v) is 5.34. The van der Waals surface area contributed by atoms with Crippen LogP contribution >= 0.6 is 11.3 Å². The van der Waals surface area contributed by atoms with E-state index in [1.807, 2.05) is 16.8 Å². The number of hydrogen-bond acceptors (Lipinski definition) is 3. The quantitative estimate of drug-likeness (QED) is 0.765. The highest BCUT2D eigenvalue weighted by atomic mass is 32.1. The molecule has 1 aromatic rings. The van der Waals surface area contributed by atoms with Crippen LogP contribution in [0.2, 0.25) is 0 Å². The minimum atomic E-state index is 0.0914. The molecule has 13 heavy (non-hydrogen) atoms. The number of rotatable bonds is 4. The van der Waals surface area contributed by atoms with Gasteiger partial charge in [0.05, 0.1) is 6.54 Å². The minimum Gasteiger partial charge on any atom is -0.375 e. The van der Waals surface area contributed by atoms with E-state index < -0.39 is 0 Å². The molecule has 1 aliphatic rings. The van der Waals surface area contributed by atoms with E-state index in [4.69, 9.17) is 0 Å². The second kappa shape index (κ2) is 3.79. The molecular weight excluding hydrogens is 184 g/mol. The maximum Gasteiger partial charge on any atom is 0.239 e. The molecule has 1 amide bonds. The van der Waals surface area contributed by atoms with Gasteiger partial charge in [-0.2, -0.15) is 11.3 Å². The Balaban J connectivity index is 1.69. The van der Waals surface area contributed by atoms with Crippen molar-refractivity contribution in [3.05, 3.63) is 16.8 Å². The number of amides is 1. The smallest absolute Gasteiger partial charge is 0.239 e. The molecule has 0 atom stereocenters. The second-order valence-corrected chi connectivity index (χ2v) is 3.99. The normalized spacial score (nSPS) is 15.4. The van der Waals surface area contributed by atoms with E-state index >= 15 is 0 Å². The Bertz CT molecular complexity index is 280. The zero-order valence-corrected chi connectivity index (χ0v) is 8.06. The molecule has 0 aliphatic heterocycles. The highest BCUT2D eigenvalue weighted by Crippen LogP contribution is 2.18. The number of carbonyl (C=O) groups excluding carboxylic acids is 1. The monoisotopic (exact) mass is 196 g/mol. The van der Waals surface area contributed by atoms with Crippen molar-refractivity contribution in [2.45, 2.75) is 18.9 Å². The maximum absolute atomic E-state index is 11.2. The van der Waals surface area contributed by atoms with Gasteiger partial charge in [0.1, 0.15) is 0 Å². The van der Waals surface area contributed by atoms with Crippen LogP contribution in [0.1, 0.15) is 12.8 Å². The van der Waals surface area contributed by atoms with Crippen LogP contribution in [-0.4, -0.2) is 18.5 Å². The second-order valence-electron chi connectivity index (χ2n) is 3.21. The molecular formula is C9H12N2OS. The lowest BCUT2D eigenvalue weighted by molar-refractivity contribution is -0.119. The van der Waals surface area contributed by atoms with Crippen molar-refractivity contribution in [2.75, 3.05) is 11.9 Å². The summed E-state index contributed by atoms with van der Waals surface area (Å²) in [5.41, 5.74) is 1.02. The van der Waals surface area contributed by atoms with Crippen molar-refractivity contribution in [1.82, 2.24) is 5.32 Å². The molecule has 4 heteroatoms. The molecule has 1 aliphatic carbocycles. The molecule has 3 nitrogen and oxygen atoms in total. The van der Waals surface area contributed by atoms with Crippen LogP contribution < -0.4 is 10.6 Å². The van der Waals surface area contributed by atoms with Gasteiger partial charge in [0.2, 0.25) is 5.91 Å². The van der Waals surface area contributed by atoms with E-state index in [0.29, 0.717) is 12.6 Å². The van der Waals surface area contributed by atoms with Crippen molar-refractivity contribution in [2.24, 2.45) is 0 Å². The Morgan fingerprint density at radius 2 is 2.46 bits per heavy atom. The summed E-state index contributed by atoms with van der Waals surface area (Å²) in [5, 5.41) is 9.95. The van der Waals surface area contributed by atoms with Crippen molar-refractivity contribution in [3.63, 3.8) is 0 Å². The molecule has 0 bridgehead atoms. The van der Waals surface area contributed by atoms with Gasteiger partial charge in [-0.3, -0.25) is 4.79 Å². The third-order valence-corrected chi connectivity index (χ3v) is 2.60. The Kier molecular flexibility index (Phi) is 2.49. The zero-order valence-electron chi connectivity index (χ0n) is 7.25. The summed E-state index contributed by atoms with van der Waals surface area (Å²) in [6.45, 7) is 0.382. The number of hydrogen-bond donors (Lipinski definition) is 2. The molecule has 2 rings (SSSR count). The predicted octanol–water partition coefficient (Wildman–Crippen LogP) is 1.44. The topological polar surface area (TPSA) is 41.1 Å². The molecule has 1 saturated carbocycles. The van der Waals surface area contributed by atoms with Gasteiger partial charge in [0.15, 0.2) is 0 Å². The van der Waals surface area contributed by atoms with Gasteiger partial charge in [-0.1, -0.05) is 0 Å². The lowest BCUT2D eigenvalue weighted by Gasteiger charge is -2.04. The van der Waals surface area contributed by atoms with Crippen LogP contribution in [0.5, 0.6) is 0 Å². The molecule has 1 fully saturated rings. The molecule has 1 aromatic heterocycles. The molecule has 2 N–H and O–H groups in total. The first-order valence-electron chi connectivity index (χ1n) is 4.40. The highest BCUT2D eigenvalue weighted by molar-refractivity contribution is 7.08. The molecule has 0 saturated heterocycles. The van der Waals surface area contributed by atoms with Crippen LogP contribution in [-0.2, 0) is 4.79 Å². The molecule has 70 valence electrons. The van der Waals surface area contributed by atoms with Crippen LogP contribution in [0.25, 0.3) is 0 Å². The van der Waals surface area contributed by atoms with Crippen LogP contribution in [0, 0.1) is 0 Å². The highest BCUT2D eigenvalue weighted by Gasteiger charge is 2.22. The standard InChI is InChI=1S/C9H12N2OS/c12-9(11-7-1-2-7)5-10-8-3-4-13-6-8/h3-4,6-7,10H,1-2,5H2,(H,11,12). The summed E-state index contributed by atoms with van der Waals surface area (Å²) in [7, 11) is 0. The van der Waals surface area contributed by atoms with Crippen molar-refractivity contribution in [3.8, 4) is 0 Å².